The second-order valence-electron chi connectivity index (χ2n) is 10.0. The molecule has 0 saturated heterocycles. The molecule has 4 aromatic rings. The topological polar surface area (TPSA) is 102 Å². The van der Waals surface area contributed by atoms with Crippen LogP contribution in [0, 0.1) is 6.92 Å². The molecule has 0 unspecified atom stereocenters. The van der Waals surface area contributed by atoms with Crippen molar-refractivity contribution in [2.24, 2.45) is 5.10 Å². The van der Waals surface area contributed by atoms with Gasteiger partial charge in [-0.1, -0.05) is 74.5 Å². The molecule has 1 aromatic heterocycles. The normalized spacial score (nSPS) is 11.6. The van der Waals surface area contributed by atoms with Crippen molar-refractivity contribution in [1.29, 1.82) is 0 Å². The Morgan fingerprint density at radius 2 is 1.79 bits per heavy atom. The van der Waals surface area contributed by atoms with Crippen molar-refractivity contribution in [3.63, 3.8) is 0 Å². The number of hydrogen-bond acceptors (Lipinski definition) is 7. The van der Waals surface area contributed by atoms with E-state index < -0.39 is 0 Å². The quantitative estimate of drug-likeness (QED) is 0.155. The first-order chi connectivity index (χ1) is 18.7. The third-order valence-electron chi connectivity index (χ3n) is 5.95. The van der Waals surface area contributed by atoms with Crippen LogP contribution in [0.4, 0.5) is 0 Å². The molecule has 2 N–H and O–H groups in total. The fraction of sp³-hybridized carbons (Fsp3) is 0.267. The summed E-state index contributed by atoms with van der Waals surface area (Å²) in [5, 5.41) is 23.4. The summed E-state index contributed by atoms with van der Waals surface area (Å²) in [6.45, 7) is 10.9. The smallest absolute Gasteiger partial charge is 0.250 e. The monoisotopic (exact) mass is 543 g/mol. The Morgan fingerprint density at radius 3 is 2.46 bits per heavy atom. The summed E-state index contributed by atoms with van der Waals surface area (Å²) in [6, 6.07) is 21.3. The molecule has 3 aromatic carbocycles. The van der Waals surface area contributed by atoms with Crippen molar-refractivity contribution < 1.29 is 14.6 Å². The summed E-state index contributed by atoms with van der Waals surface area (Å²) in [5.41, 5.74) is 7.52. The highest BCUT2D eigenvalue weighted by atomic mass is 32.2. The third-order valence-corrected chi connectivity index (χ3v) is 6.88. The second-order valence-corrected chi connectivity index (χ2v) is 11.0. The number of hydrogen-bond donors (Lipinski definition) is 2. The highest BCUT2D eigenvalue weighted by Crippen LogP contribution is 2.30. The zero-order chi connectivity index (χ0) is 28.0. The van der Waals surface area contributed by atoms with Gasteiger partial charge in [-0.2, -0.15) is 5.10 Å². The van der Waals surface area contributed by atoms with Gasteiger partial charge in [0.15, 0.2) is 22.5 Å². The van der Waals surface area contributed by atoms with Gasteiger partial charge in [0.25, 0.3) is 5.91 Å². The van der Waals surface area contributed by atoms with Crippen molar-refractivity contribution in [2.45, 2.75) is 45.2 Å². The number of benzene rings is 3. The van der Waals surface area contributed by atoms with Gasteiger partial charge in [0, 0.05) is 11.3 Å². The lowest BCUT2D eigenvalue weighted by Crippen LogP contribution is -2.20. The molecule has 4 rings (SSSR count). The number of carbonyl (C=O) groups excluding carboxylic acids is 1. The summed E-state index contributed by atoms with van der Waals surface area (Å²) in [5.74, 6) is 0.941. The Bertz CT molecular complexity index is 1460. The zero-order valence-corrected chi connectivity index (χ0v) is 23.6. The van der Waals surface area contributed by atoms with Gasteiger partial charge in [-0.25, -0.2) is 5.43 Å². The molecule has 0 aliphatic carbocycles. The number of phenolic OH excluding ortho intramolecular Hbond substituents is 1. The number of hydrazone groups is 1. The molecular formula is C30H33N5O3S. The van der Waals surface area contributed by atoms with Crippen LogP contribution in [0.25, 0.3) is 17.1 Å². The highest BCUT2D eigenvalue weighted by molar-refractivity contribution is 7.99. The number of aromatic hydroxyl groups is 1. The first-order valence-electron chi connectivity index (χ1n) is 12.7. The van der Waals surface area contributed by atoms with Gasteiger partial charge >= 0.3 is 0 Å². The van der Waals surface area contributed by atoms with Crippen LogP contribution < -0.4 is 10.2 Å². The maximum atomic E-state index is 12.6. The van der Waals surface area contributed by atoms with Crippen LogP contribution >= 0.6 is 11.8 Å². The van der Waals surface area contributed by atoms with Gasteiger partial charge in [0.2, 0.25) is 0 Å². The van der Waals surface area contributed by atoms with Gasteiger partial charge < -0.3 is 9.84 Å². The first-order valence-corrected chi connectivity index (χ1v) is 13.7. The molecule has 8 nitrogen and oxygen atoms in total. The van der Waals surface area contributed by atoms with E-state index in [1.165, 1.54) is 29.6 Å². The number of rotatable bonds is 9. The number of amides is 1. The minimum absolute atomic E-state index is 0.0495. The second kappa shape index (κ2) is 12.2. The van der Waals surface area contributed by atoms with E-state index in [-0.39, 0.29) is 22.8 Å². The molecule has 0 saturated carbocycles. The number of nitrogens with zero attached hydrogens (tertiary/aromatic N) is 4. The molecule has 0 aliphatic heterocycles. The van der Waals surface area contributed by atoms with Crippen LogP contribution in [0.1, 0.15) is 44.4 Å². The number of ether oxygens (including phenoxy) is 1. The van der Waals surface area contributed by atoms with Crippen molar-refractivity contribution in [2.75, 3.05) is 12.4 Å². The average Bonchev–Trinajstić information content (AvgIpc) is 3.33. The summed E-state index contributed by atoms with van der Waals surface area (Å²) < 4.78 is 7.35. The lowest BCUT2D eigenvalue weighted by molar-refractivity contribution is -0.118. The first kappa shape index (κ1) is 27.9. The molecule has 9 heteroatoms. The van der Waals surface area contributed by atoms with Gasteiger partial charge in [0.1, 0.15) is 0 Å². The molecule has 0 atom stereocenters. The van der Waals surface area contributed by atoms with E-state index in [4.69, 9.17) is 4.74 Å². The van der Waals surface area contributed by atoms with Gasteiger partial charge in [-0.3, -0.25) is 9.36 Å². The molecule has 0 fully saturated rings. The average molecular weight is 544 g/mol. The van der Waals surface area contributed by atoms with E-state index in [1.54, 1.807) is 12.1 Å². The predicted molar refractivity (Wildman–Crippen MR) is 156 cm³/mol. The Labute approximate surface area is 233 Å². The van der Waals surface area contributed by atoms with Crippen LogP contribution in [0.5, 0.6) is 11.5 Å². The maximum Gasteiger partial charge on any atom is 0.250 e. The molecule has 202 valence electrons. The highest BCUT2D eigenvalue weighted by Gasteiger charge is 2.19. The van der Waals surface area contributed by atoms with E-state index in [1.807, 2.05) is 42.7 Å². The zero-order valence-electron chi connectivity index (χ0n) is 22.8. The number of phenols is 1. The van der Waals surface area contributed by atoms with Crippen LogP contribution in [0.2, 0.25) is 0 Å². The van der Waals surface area contributed by atoms with Gasteiger partial charge in [-0.05, 0) is 60.7 Å². The lowest BCUT2D eigenvalue weighted by atomic mass is 9.87. The number of carbonyl (C=O) groups is 1. The minimum Gasteiger partial charge on any atom is -0.504 e. The summed E-state index contributed by atoms with van der Waals surface area (Å²) in [7, 11) is 0. The van der Waals surface area contributed by atoms with E-state index in [9.17, 15) is 9.90 Å². The molecular weight excluding hydrogens is 510 g/mol. The SMILES string of the molecule is CCOc1cc(/C=N/NC(=O)CSc2nnc(-c3ccc(C(C)(C)C)cc3)n2-c2ccc(C)cc2)ccc1O. The van der Waals surface area contributed by atoms with Crippen LogP contribution in [0.15, 0.2) is 77.0 Å². The lowest BCUT2D eigenvalue weighted by Gasteiger charge is -2.19. The van der Waals surface area contributed by atoms with Gasteiger partial charge in [0.05, 0.1) is 18.6 Å². The van der Waals surface area contributed by atoms with Crippen molar-refractivity contribution >= 4 is 23.9 Å². The predicted octanol–water partition coefficient (Wildman–Crippen LogP) is 5.89. The summed E-state index contributed by atoms with van der Waals surface area (Å²) in [4.78, 5) is 12.6. The molecule has 0 radical (unpaired) electrons. The maximum absolute atomic E-state index is 12.6. The van der Waals surface area contributed by atoms with Gasteiger partial charge in [-0.15, -0.1) is 10.2 Å². The van der Waals surface area contributed by atoms with Crippen LogP contribution in [-0.4, -0.2) is 44.4 Å². The largest absolute Gasteiger partial charge is 0.504 e. The number of thioether (sulfide) groups is 1. The standard InChI is InChI=1S/C30H33N5O3S/c1-6-38-26-17-21(9-16-25(26)36)18-31-32-27(37)19-39-29-34-33-28(35(29)24-14-7-20(2)8-15-24)22-10-12-23(13-11-22)30(3,4)5/h7-18,36H,6,19H2,1-5H3,(H,32,37)/b31-18+. The molecule has 1 heterocycles. The Morgan fingerprint density at radius 1 is 1.08 bits per heavy atom. The molecule has 0 bridgehead atoms. The fourth-order valence-electron chi connectivity index (χ4n) is 3.82. The molecule has 0 spiro atoms. The van der Waals surface area contributed by atoms with Crippen molar-refractivity contribution in [3.8, 4) is 28.6 Å². The van der Waals surface area contributed by atoms with Crippen molar-refractivity contribution in [1.82, 2.24) is 20.2 Å². The van der Waals surface area contributed by atoms with E-state index in [2.05, 4.69) is 65.8 Å². The van der Waals surface area contributed by atoms with E-state index in [0.717, 1.165) is 16.8 Å². The molecule has 1 amide bonds. The number of nitrogens with one attached hydrogen (secondary N) is 1. The Kier molecular flexibility index (Phi) is 8.71. The van der Waals surface area contributed by atoms with E-state index >= 15 is 0 Å². The Hall–Kier alpha value is -4.11. The molecule has 39 heavy (non-hydrogen) atoms. The van der Waals surface area contributed by atoms with Crippen LogP contribution in [0.3, 0.4) is 0 Å². The summed E-state index contributed by atoms with van der Waals surface area (Å²) in [6.07, 6.45) is 1.50. The van der Waals surface area contributed by atoms with Crippen LogP contribution in [-0.2, 0) is 10.2 Å². The number of aryl methyl sites for hydroxylation is 1. The minimum atomic E-state index is -0.283. The Balaban J connectivity index is 1.50. The number of aromatic nitrogens is 3. The molecule has 0 aliphatic rings. The third kappa shape index (κ3) is 7.06. The fourth-order valence-corrected chi connectivity index (χ4v) is 4.56. The summed E-state index contributed by atoms with van der Waals surface area (Å²) >= 11 is 1.28. The van der Waals surface area contributed by atoms with Crippen molar-refractivity contribution in [3.05, 3.63) is 83.4 Å². The van der Waals surface area contributed by atoms with E-state index in [0.29, 0.717) is 28.9 Å².